The molecule has 1 aliphatic heterocycles. The fourth-order valence-electron chi connectivity index (χ4n) is 3.35. The Morgan fingerprint density at radius 3 is 2.69 bits per heavy atom. The van der Waals surface area contributed by atoms with Gasteiger partial charge in [0.05, 0.1) is 0 Å². The quantitative estimate of drug-likeness (QED) is 0.539. The van der Waals surface area contributed by atoms with Crippen molar-refractivity contribution in [1.82, 2.24) is 0 Å². The van der Waals surface area contributed by atoms with Gasteiger partial charge in [0.15, 0.2) is 6.79 Å². The lowest BCUT2D eigenvalue weighted by molar-refractivity contribution is -0.381. The zero-order valence-electron chi connectivity index (χ0n) is 8.21. The third-order valence-corrected chi connectivity index (χ3v) is 4.39. The second kappa shape index (κ2) is 2.27. The van der Waals surface area contributed by atoms with E-state index in [0.717, 1.165) is 12.3 Å². The van der Waals surface area contributed by atoms with Crippen LogP contribution < -0.4 is 0 Å². The molecule has 4 fully saturated rings. The number of hydrogen-bond donors (Lipinski definition) is 0. The minimum atomic E-state index is -0.391. The standard InChI is InChI=1S/C10H16O3/c1-9(2)7-3-4-10(8(9)5-7)11-6-12-13-10/h7-8H,3-6H2,1-2H3. The minimum Gasteiger partial charge on any atom is -0.317 e. The fourth-order valence-corrected chi connectivity index (χ4v) is 3.35. The van der Waals surface area contributed by atoms with Crippen LogP contribution in [0.2, 0.25) is 0 Å². The van der Waals surface area contributed by atoms with Crippen LogP contribution in [-0.4, -0.2) is 12.6 Å². The summed E-state index contributed by atoms with van der Waals surface area (Å²) in [5.74, 6) is 1.01. The van der Waals surface area contributed by atoms with E-state index in [-0.39, 0.29) is 0 Å². The molecule has 3 aliphatic carbocycles. The molecule has 1 saturated heterocycles. The van der Waals surface area contributed by atoms with Crippen LogP contribution in [0, 0.1) is 17.3 Å². The number of hydrogen-bond acceptors (Lipinski definition) is 3. The van der Waals surface area contributed by atoms with Gasteiger partial charge >= 0.3 is 0 Å². The summed E-state index contributed by atoms with van der Waals surface area (Å²) in [6.45, 7) is 4.94. The number of rotatable bonds is 0. The molecule has 1 heterocycles. The van der Waals surface area contributed by atoms with Crippen molar-refractivity contribution in [2.45, 2.75) is 38.9 Å². The van der Waals surface area contributed by atoms with Gasteiger partial charge in [0.2, 0.25) is 5.79 Å². The first kappa shape index (κ1) is 8.21. The van der Waals surface area contributed by atoms with Gasteiger partial charge in [-0.05, 0) is 24.2 Å². The molecule has 13 heavy (non-hydrogen) atoms. The molecule has 0 aromatic carbocycles. The van der Waals surface area contributed by atoms with E-state index in [1.807, 2.05) is 0 Å². The zero-order valence-corrected chi connectivity index (χ0v) is 8.21. The fraction of sp³-hybridized carbons (Fsp3) is 1.00. The molecule has 0 N–H and O–H groups in total. The molecule has 3 unspecified atom stereocenters. The molecule has 0 aromatic heterocycles. The molecule has 3 atom stereocenters. The first-order chi connectivity index (χ1) is 6.15. The molecular weight excluding hydrogens is 168 g/mol. The van der Waals surface area contributed by atoms with Crippen molar-refractivity contribution in [3.05, 3.63) is 0 Å². The monoisotopic (exact) mass is 184 g/mol. The molecule has 0 radical (unpaired) electrons. The van der Waals surface area contributed by atoms with E-state index in [9.17, 15) is 0 Å². The molecule has 1 spiro atoms. The average Bonchev–Trinajstić information content (AvgIpc) is 2.53. The van der Waals surface area contributed by atoms with Crippen molar-refractivity contribution >= 4 is 0 Å². The molecule has 3 nitrogen and oxygen atoms in total. The van der Waals surface area contributed by atoms with Gasteiger partial charge in [-0.15, -0.1) is 0 Å². The third kappa shape index (κ3) is 0.853. The zero-order chi connectivity index (χ0) is 9.10. The summed E-state index contributed by atoms with van der Waals surface area (Å²) in [5.41, 5.74) is 0.381. The maximum Gasteiger partial charge on any atom is 0.207 e. The van der Waals surface area contributed by atoms with Gasteiger partial charge in [0.25, 0.3) is 0 Å². The lowest BCUT2D eigenvalue weighted by atomic mass is 9.46. The lowest BCUT2D eigenvalue weighted by Crippen LogP contribution is -2.61. The first-order valence-corrected chi connectivity index (χ1v) is 5.10. The van der Waals surface area contributed by atoms with Crippen LogP contribution in [0.15, 0.2) is 0 Å². The van der Waals surface area contributed by atoms with Crippen LogP contribution in [-0.2, 0) is 14.5 Å². The van der Waals surface area contributed by atoms with Crippen LogP contribution in [0.4, 0.5) is 0 Å². The average molecular weight is 184 g/mol. The van der Waals surface area contributed by atoms with Gasteiger partial charge in [-0.25, -0.2) is 4.89 Å². The smallest absolute Gasteiger partial charge is 0.207 e. The Morgan fingerprint density at radius 2 is 2.15 bits per heavy atom. The van der Waals surface area contributed by atoms with E-state index in [4.69, 9.17) is 14.5 Å². The van der Waals surface area contributed by atoms with Crippen molar-refractivity contribution in [2.24, 2.45) is 17.3 Å². The van der Waals surface area contributed by atoms with Crippen molar-refractivity contribution in [3.63, 3.8) is 0 Å². The molecule has 0 amide bonds. The summed E-state index contributed by atoms with van der Waals surface area (Å²) < 4.78 is 5.62. The van der Waals surface area contributed by atoms with Gasteiger partial charge < -0.3 is 4.74 Å². The van der Waals surface area contributed by atoms with Crippen molar-refractivity contribution in [3.8, 4) is 0 Å². The van der Waals surface area contributed by atoms with Crippen LogP contribution in [0.25, 0.3) is 0 Å². The SMILES string of the molecule is CC1(C)C2CCC3(OCOO3)C1C2. The summed E-state index contributed by atoms with van der Waals surface area (Å²) >= 11 is 0. The third-order valence-electron chi connectivity index (χ3n) is 4.39. The predicted molar refractivity (Wildman–Crippen MR) is 45.5 cm³/mol. The van der Waals surface area contributed by atoms with Gasteiger partial charge in [0.1, 0.15) is 0 Å². The molecule has 3 saturated carbocycles. The topological polar surface area (TPSA) is 27.7 Å². The number of fused-ring (bicyclic) bond motifs is 1. The van der Waals surface area contributed by atoms with E-state index in [1.54, 1.807) is 0 Å². The molecular formula is C10H16O3. The molecule has 74 valence electrons. The van der Waals surface area contributed by atoms with Crippen LogP contribution in [0.5, 0.6) is 0 Å². The second-order valence-corrected chi connectivity index (χ2v) is 5.12. The van der Waals surface area contributed by atoms with Crippen molar-refractivity contribution in [2.75, 3.05) is 6.79 Å². The van der Waals surface area contributed by atoms with E-state index in [0.29, 0.717) is 18.1 Å². The van der Waals surface area contributed by atoms with Gasteiger partial charge in [-0.2, -0.15) is 4.89 Å². The molecule has 4 rings (SSSR count). The second-order valence-electron chi connectivity index (χ2n) is 5.12. The van der Waals surface area contributed by atoms with E-state index in [1.165, 1.54) is 12.8 Å². The van der Waals surface area contributed by atoms with Gasteiger partial charge in [-0.3, -0.25) is 0 Å². The Kier molecular flexibility index (Phi) is 1.43. The largest absolute Gasteiger partial charge is 0.317 e. The number of ether oxygens (including phenoxy) is 1. The highest BCUT2D eigenvalue weighted by Crippen LogP contribution is 2.64. The highest BCUT2D eigenvalue weighted by Gasteiger charge is 2.64. The summed E-state index contributed by atoms with van der Waals surface area (Å²) in [6.07, 6.45) is 3.47. The Balaban J connectivity index is 1.90. The Labute approximate surface area is 78.3 Å². The predicted octanol–water partition coefficient (Wildman–Crippen LogP) is 2.07. The summed E-state index contributed by atoms with van der Waals surface area (Å²) in [5, 5.41) is 0. The summed E-state index contributed by atoms with van der Waals surface area (Å²) in [6, 6.07) is 0. The summed E-state index contributed by atoms with van der Waals surface area (Å²) in [7, 11) is 0. The van der Waals surface area contributed by atoms with Crippen LogP contribution in [0.3, 0.4) is 0 Å². The maximum atomic E-state index is 5.62. The molecule has 0 aromatic rings. The van der Waals surface area contributed by atoms with Gasteiger partial charge in [-0.1, -0.05) is 13.8 Å². The van der Waals surface area contributed by atoms with E-state index >= 15 is 0 Å². The molecule has 2 bridgehead atoms. The minimum absolute atomic E-state index is 0.303. The van der Waals surface area contributed by atoms with Crippen molar-refractivity contribution in [1.29, 1.82) is 0 Å². The summed E-state index contributed by atoms with van der Waals surface area (Å²) in [4.78, 5) is 10.2. The van der Waals surface area contributed by atoms with Crippen LogP contribution >= 0.6 is 0 Å². The van der Waals surface area contributed by atoms with Crippen LogP contribution in [0.1, 0.15) is 33.1 Å². The Hall–Kier alpha value is -0.120. The lowest BCUT2D eigenvalue weighted by Gasteiger charge is -2.61. The first-order valence-electron chi connectivity index (χ1n) is 5.10. The Bertz CT molecular complexity index is 228. The molecule has 4 aliphatic rings. The van der Waals surface area contributed by atoms with E-state index < -0.39 is 5.79 Å². The maximum absolute atomic E-state index is 5.62. The Morgan fingerprint density at radius 1 is 1.31 bits per heavy atom. The van der Waals surface area contributed by atoms with Crippen molar-refractivity contribution < 1.29 is 14.5 Å². The normalized spacial score (nSPS) is 52.2. The molecule has 3 heteroatoms. The highest BCUT2D eigenvalue weighted by atomic mass is 17.3. The highest BCUT2D eigenvalue weighted by molar-refractivity contribution is 5.07. The van der Waals surface area contributed by atoms with Gasteiger partial charge in [0, 0.05) is 12.3 Å². The van der Waals surface area contributed by atoms with E-state index in [2.05, 4.69) is 13.8 Å².